The lowest BCUT2D eigenvalue weighted by molar-refractivity contribution is -0.137. The first kappa shape index (κ1) is 17.4. The number of amides is 2. The van der Waals surface area contributed by atoms with Crippen LogP contribution >= 0.6 is 11.3 Å². The molecule has 1 aromatic heterocycles. The summed E-state index contributed by atoms with van der Waals surface area (Å²) in [4.78, 5) is 34.2. The Morgan fingerprint density at radius 3 is 2.40 bits per heavy atom. The molecule has 0 N–H and O–H groups in total. The molecular formula is C18H22N4O2S. The van der Waals surface area contributed by atoms with Crippen LogP contribution in [0, 0.1) is 0 Å². The van der Waals surface area contributed by atoms with E-state index in [0.717, 1.165) is 10.7 Å². The molecule has 0 atom stereocenters. The molecule has 1 aliphatic heterocycles. The molecule has 132 valence electrons. The smallest absolute Gasteiger partial charge is 0.242 e. The zero-order valence-corrected chi connectivity index (χ0v) is 15.1. The van der Waals surface area contributed by atoms with Gasteiger partial charge in [0.2, 0.25) is 11.8 Å². The number of aromatic nitrogens is 1. The van der Waals surface area contributed by atoms with Crippen molar-refractivity contribution in [2.75, 3.05) is 37.6 Å². The first-order valence-electron chi connectivity index (χ1n) is 8.35. The maximum absolute atomic E-state index is 12.7. The van der Waals surface area contributed by atoms with E-state index >= 15 is 0 Å². The molecule has 0 radical (unpaired) electrons. The molecule has 0 bridgehead atoms. The molecule has 0 aliphatic carbocycles. The SMILES string of the molecule is CC(=O)N1CCN(C(=O)CN(Cc2ccccc2)c2nccs2)CC1. The van der Waals surface area contributed by atoms with Crippen LogP contribution < -0.4 is 4.90 Å². The second-order valence-electron chi connectivity index (χ2n) is 6.04. The molecule has 7 heteroatoms. The van der Waals surface area contributed by atoms with Gasteiger partial charge in [0.05, 0.1) is 6.54 Å². The molecule has 2 aromatic rings. The number of anilines is 1. The first-order chi connectivity index (χ1) is 12.1. The van der Waals surface area contributed by atoms with Crippen molar-refractivity contribution < 1.29 is 9.59 Å². The van der Waals surface area contributed by atoms with E-state index in [1.54, 1.807) is 18.0 Å². The van der Waals surface area contributed by atoms with Crippen LogP contribution in [0.4, 0.5) is 5.13 Å². The van der Waals surface area contributed by atoms with Crippen LogP contribution in [0.25, 0.3) is 0 Å². The van der Waals surface area contributed by atoms with Crippen molar-refractivity contribution in [3.63, 3.8) is 0 Å². The van der Waals surface area contributed by atoms with Crippen LogP contribution in [0.15, 0.2) is 41.9 Å². The predicted octanol–water partition coefficient (Wildman–Crippen LogP) is 1.84. The summed E-state index contributed by atoms with van der Waals surface area (Å²) in [6.45, 7) is 4.91. The Morgan fingerprint density at radius 1 is 1.12 bits per heavy atom. The molecule has 1 saturated heterocycles. The fraction of sp³-hybridized carbons (Fsp3) is 0.389. The van der Waals surface area contributed by atoms with Crippen molar-refractivity contribution in [3.05, 3.63) is 47.5 Å². The summed E-state index contributed by atoms with van der Waals surface area (Å²) in [5.41, 5.74) is 1.15. The summed E-state index contributed by atoms with van der Waals surface area (Å²) in [5.74, 6) is 0.148. The lowest BCUT2D eigenvalue weighted by Gasteiger charge is -2.35. The van der Waals surface area contributed by atoms with Crippen LogP contribution in [-0.2, 0) is 16.1 Å². The molecular weight excluding hydrogens is 336 g/mol. The molecule has 1 aliphatic rings. The number of benzene rings is 1. The Hall–Kier alpha value is -2.41. The van der Waals surface area contributed by atoms with Crippen molar-refractivity contribution in [1.82, 2.24) is 14.8 Å². The zero-order chi connectivity index (χ0) is 17.6. The number of thiazole rings is 1. The van der Waals surface area contributed by atoms with Crippen molar-refractivity contribution in [2.45, 2.75) is 13.5 Å². The van der Waals surface area contributed by atoms with E-state index in [0.29, 0.717) is 39.3 Å². The lowest BCUT2D eigenvalue weighted by Crippen LogP contribution is -2.52. The molecule has 0 saturated carbocycles. The number of hydrogen-bond donors (Lipinski definition) is 0. The molecule has 6 nitrogen and oxygen atoms in total. The third-order valence-corrected chi connectivity index (χ3v) is 5.14. The minimum atomic E-state index is 0.0700. The molecule has 2 heterocycles. The van der Waals surface area contributed by atoms with Crippen LogP contribution in [-0.4, -0.2) is 59.3 Å². The van der Waals surface area contributed by atoms with E-state index < -0.39 is 0 Å². The third-order valence-electron chi connectivity index (χ3n) is 4.31. The number of piperazine rings is 1. The Morgan fingerprint density at radius 2 is 1.80 bits per heavy atom. The summed E-state index contributed by atoms with van der Waals surface area (Å²) >= 11 is 1.53. The topological polar surface area (TPSA) is 56.8 Å². The maximum Gasteiger partial charge on any atom is 0.242 e. The van der Waals surface area contributed by atoms with E-state index in [4.69, 9.17) is 0 Å². The fourth-order valence-electron chi connectivity index (χ4n) is 2.90. The largest absolute Gasteiger partial charge is 0.339 e. The van der Waals surface area contributed by atoms with Crippen LogP contribution in [0.3, 0.4) is 0 Å². The molecule has 0 unspecified atom stereocenters. The number of carbonyl (C=O) groups excluding carboxylic acids is 2. The summed E-state index contributed by atoms with van der Waals surface area (Å²) < 4.78 is 0. The number of rotatable bonds is 5. The maximum atomic E-state index is 12.7. The van der Waals surface area contributed by atoms with Gasteiger partial charge in [0.25, 0.3) is 0 Å². The van der Waals surface area contributed by atoms with Gasteiger partial charge in [-0.2, -0.15) is 0 Å². The van der Waals surface area contributed by atoms with Crippen molar-refractivity contribution in [1.29, 1.82) is 0 Å². The van der Waals surface area contributed by atoms with Gasteiger partial charge in [0.15, 0.2) is 5.13 Å². The van der Waals surface area contributed by atoms with Crippen LogP contribution in [0.2, 0.25) is 0 Å². The summed E-state index contributed by atoms with van der Waals surface area (Å²) in [5, 5.41) is 2.77. The Balaban J connectivity index is 1.64. The van der Waals surface area contributed by atoms with Gasteiger partial charge in [-0.25, -0.2) is 4.98 Å². The van der Waals surface area contributed by atoms with Crippen molar-refractivity contribution >= 4 is 28.3 Å². The van der Waals surface area contributed by atoms with E-state index in [-0.39, 0.29) is 11.8 Å². The van der Waals surface area contributed by atoms with Crippen molar-refractivity contribution in [2.24, 2.45) is 0 Å². The van der Waals surface area contributed by atoms with Crippen LogP contribution in [0.1, 0.15) is 12.5 Å². The Bertz CT molecular complexity index is 697. The Kier molecular flexibility index (Phi) is 5.65. The second kappa shape index (κ2) is 8.11. The predicted molar refractivity (Wildman–Crippen MR) is 98.4 cm³/mol. The number of hydrogen-bond acceptors (Lipinski definition) is 5. The van der Waals surface area contributed by atoms with Crippen molar-refractivity contribution in [3.8, 4) is 0 Å². The molecule has 25 heavy (non-hydrogen) atoms. The van der Waals surface area contributed by atoms with E-state index in [1.807, 2.05) is 33.4 Å². The van der Waals surface area contributed by atoms with Crippen LogP contribution in [0.5, 0.6) is 0 Å². The first-order valence-corrected chi connectivity index (χ1v) is 9.23. The van der Waals surface area contributed by atoms with Gasteiger partial charge in [-0.05, 0) is 5.56 Å². The quantitative estimate of drug-likeness (QED) is 0.818. The summed E-state index contributed by atoms with van der Waals surface area (Å²) in [7, 11) is 0. The van der Waals surface area contributed by atoms with Gasteiger partial charge < -0.3 is 14.7 Å². The van der Waals surface area contributed by atoms with Gasteiger partial charge in [0, 0.05) is 51.2 Å². The normalized spacial score (nSPS) is 14.4. The highest BCUT2D eigenvalue weighted by Gasteiger charge is 2.24. The number of nitrogens with zero attached hydrogens (tertiary/aromatic N) is 4. The highest BCUT2D eigenvalue weighted by Crippen LogP contribution is 2.20. The van der Waals surface area contributed by atoms with Gasteiger partial charge in [-0.15, -0.1) is 11.3 Å². The van der Waals surface area contributed by atoms with Gasteiger partial charge >= 0.3 is 0 Å². The van der Waals surface area contributed by atoms with E-state index in [2.05, 4.69) is 17.1 Å². The Labute approximate surface area is 151 Å². The summed E-state index contributed by atoms with van der Waals surface area (Å²) in [6.07, 6.45) is 1.76. The minimum Gasteiger partial charge on any atom is -0.339 e. The van der Waals surface area contributed by atoms with Gasteiger partial charge in [0.1, 0.15) is 0 Å². The zero-order valence-electron chi connectivity index (χ0n) is 14.3. The summed E-state index contributed by atoms with van der Waals surface area (Å²) in [6, 6.07) is 10.1. The fourth-order valence-corrected chi connectivity index (χ4v) is 3.54. The molecule has 0 spiro atoms. The average Bonchev–Trinajstić information content (AvgIpc) is 3.16. The molecule has 1 fully saturated rings. The highest BCUT2D eigenvalue weighted by atomic mass is 32.1. The third kappa shape index (κ3) is 4.57. The van der Waals surface area contributed by atoms with E-state index in [9.17, 15) is 9.59 Å². The molecule has 3 rings (SSSR count). The second-order valence-corrected chi connectivity index (χ2v) is 6.92. The minimum absolute atomic E-state index is 0.0700. The number of carbonyl (C=O) groups is 2. The average molecular weight is 358 g/mol. The standard InChI is InChI=1S/C18H22N4O2S/c1-15(23)20-8-10-21(11-9-20)17(24)14-22(18-19-7-12-25-18)13-16-5-3-2-4-6-16/h2-7,12H,8-11,13-14H2,1H3. The lowest BCUT2D eigenvalue weighted by atomic mass is 10.2. The van der Waals surface area contributed by atoms with Gasteiger partial charge in [-0.3, -0.25) is 9.59 Å². The molecule has 2 amide bonds. The molecule has 1 aromatic carbocycles. The monoisotopic (exact) mass is 358 g/mol. The van der Waals surface area contributed by atoms with Gasteiger partial charge in [-0.1, -0.05) is 30.3 Å². The van der Waals surface area contributed by atoms with E-state index in [1.165, 1.54) is 11.3 Å². The highest BCUT2D eigenvalue weighted by molar-refractivity contribution is 7.13.